The SMILES string of the molecule is CCN(Cc1cc2ccccc2nc1Cl)[C@@H](C)CS(C)(=O)=O. The molecule has 0 N–H and O–H groups in total. The second-order valence-corrected chi connectivity index (χ2v) is 8.18. The fourth-order valence-corrected chi connectivity index (χ4v) is 3.88. The van der Waals surface area contributed by atoms with Crippen LogP contribution in [-0.4, -0.2) is 42.9 Å². The molecule has 4 nitrogen and oxygen atoms in total. The molecule has 0 saturated heterocycles. The average molecular weight is 341 g/mol. The number of para-hydroxylation sites is 1. The quantitative estimate of drug-likeness (QED) is 0.758. The lowest BCUT2D eigenvalue weighted by molar-refractivity contribution is 0.226. The first kappa shape index (κ1) is 17.2. The molecule has 0 spiro atoms. The van der Waals surface area contributed by atoms with Crippen LogP contribution in [0.15, 0.2) is 30.3 Å². The summed E-state index contributed by atoms with van der Waals surface area (Å²) in [6.45, 7) is 5.28. The van der Waals surface area contributed by atoms with E-state index in [-0.39, 0.29) is 11.8 Å². The van der Waals surface area contributed by atoms with Crippen LogP contribution in [0.25, 0.3) is 10.9 Å². The zero-order valence-corrected chi connectivity index (χ0v) is 14.7. The summed E-state index contributed by atoms with van der Waals surface area (Å²) < 4.78 is 23.0. The van der Waals surface area contributed by atoms with Crippen LogP contribution in [0.4, 0.5) is 0 Å². The highest BCUT2D eigenvalue weighted by Gasteiger charge is 2.19. The molecule has 0 aliphatic rings. The lowest BCUT2D eigenvalue weighted by Gasteiger charge is -2.27. The van der Waals surface area contributed by atoms with Gasteiger partial charge < -0.3 is 0 Å². The van der Waals surface area contributed by atoms with E-state index in [1.54, 1.807) is 0 Å². The van der Waals surface area contributed by atoms with Gasteiger partial charge in [-0.2, -0.15) is 0 Å². The van der Waals surface area contributed by atoms with E-state index in [9.17, 15) is 8.42 Å². The molecule has 2 rings (SSSR count). The largest absolute Gasteiger partial charge is 0.296 e. The minimum Gasteiger partial charge on any atom is -0.296 e. The first-order valence-corrected chi connectivity index (χ1v) is 9.70. The third-order valence-electron chi connectivity index (χ3n) is 3.70. The van der Waals surface area contributed by atoms with Gasteiger partial charge in [-0.3, -0.25) is 4.90 Å². The first-order valence-electron chi connectivity index (χ1n) is 7.26. The highest BCUT2D eigenvalue weighted by molar-refractivity contribution is 7.90. The second-order valence-electron chi connectivity index (χ2n) is 5.64. The molecule has 120 valence electrons. The topological polar surface area (TPSA) is 50.3 Å². The zero-order chi connectivity index (χ0) is 16.3. The fraction of sp³-hybridized carbons (Fsp3) is 0.438. The van der Waals surface area contributed by atoms with Crippen molar-refractivity contribution in [3.05, 3.63) is 41.0 Å². The van der Waals surface area contributed by atoms with Crippen LogP contribution < -0.4 is 0 Å². The molecule has 1 heterocycles. The Labute approximate surface area is 137 Å². The van der Waals surface area contributed by atoms with Crippen molar-refractivity contribution < 1.29 is 8.42 Å². The predicted octanol–water partition coefficient (Wildman–Crippen LogP) is 3.14. The van der Waals surface area contributed by atoms with Crippen molar-refractivity contribution in [3.63, 3.8) is 0 Å². The second kappa shape index (κ2) is 6.94. The van der Waals surface area contributed by atoms with Crippen LogP contribution in [-0.2, 0) is 16.4 Å². The minimum atomic E-state index is -3.01. The van der Waals surface area contributed by atoms with E-state index >= 15 is 0 Å². The number of hydrogen-bond donors (Lipinski definition) is 0. The van der Waals surface area contributed by atoms with E-state index in [1.807, 2.05) is 44.2 Å². The van der Waals surface area contributed by atoms with Crippen LogP contribution >= 0.6 is 11.6 Å². The summed E-state index contributed by atoms with van der Waals surface area (Å²) in [6.07, 6.45) is 1.27. The summed E-state index contributed by atoms with van der Waals surface area (Å²) in [7, 11) is -3.01. The first-order chi connectivity index (χ1) is 10.3. The minimum absolute atomic E-state index is 0.0671. The van der Waals surface area contributed by atoms with Crippen LogP contribution in [0.3, 0.4) is 0 Å². The van der Waals surface area contributed by atoms with Crippen molar-refractivity contribution in [3.8, 4) is 0 Å². The highest BCUT2D eigenvalue weighted by atomic mass is 35.5. The Hall–Kier alpha value is -1.17. The van der Waals surface area contributed by atoms with Gasteiger partial charge in [-0.25, -0.2) is 13.4 Å². The van der Waals surface area contributed by atoms with Crippen molar-refractivity contribution in [1.82, 2.24) is 9.88 Å². The molecule has 0 fully saturated rings. The Kier molecular flexibility index (Phi) is 5.42. The Bertz CT molecular complexity index is 762. The number of halogens is 1. The van der Waals surface area contributed by atoms with Gasteiger partial charge in [0, 0.05) is 29.8 Å². The molecular formula is C16H21ClN2O2S. The van der Waals surface area contributed by atoms with Gasteiger partial charge in [0.2, 0.25) is 0 Å². The molecule has 0 bridgehead atoms. The fourth-order valence-electron chi connectivity index (χ4n) is 2.59. The van der Waals surface area contributed by atoms with Gasteiger partial charge in [0.25, 0.3) is 0 Å². The van der Waals surface area contributed by atoms with Crippen molar-refractivity contribution in [2.45, 2.75) is 26.4 Å². The van der Waals surface area contributed by atoms with E-state index in [1.165, 1.54) is 6.26 Å². The molecular weight excluding hydrogens is 320 g/mol. The molecule has 0 saturated carbocycles. The Morgan fingerprint density at radius 1 is 1.32 bits per heavy atom. The van der Waals surface area contributed by atoms with Crippen LogP contribution in [0, 0.1) is 0 Å². The number of nitrogens with zero attached hydrogens (tertiary/aromatic N) is 2. The number of aromatic nitrogens is 1. The average Bonchev–Trinajstić information content (AvgIpc) is 2.43. The summed E-state index contributed by atoms with van der Waals surface area (Å²) in [4.78, 5) is 6.51. The van der Waals surface area contributed by atoms with Crippen molar-refractivity contribution in [1.29, 1.82) is 0 Å². The van der Waals surface area contributed by atoms with Gasteiger partial charge >= 0.3 is 0 Å². The number of rotatable bonds is 6. The van der Waals surface area contributed by atoms with Gasteiger partial charge in [-0.1, -0.05) is 36.7 Å². The van der Waals surface area contributed by atoms with Gasteiger partial charge in [0.05, 0.1) is 11.3 Å². The van der Waals surface area contributed by atoms with E-state index in [0.29, 0.717) is 11.7 Å². The standard InChI is InChI=1S/C16H21ClN2O2S/c1-4-19(12(2)11-22(3,20)21)10-14-9-13-7-5-6-8-15(13)18-16(14)17/h5-9,12H,4,10-11H2,1-3H3/t12-/m0/s1. The third-order valence-corrected chi connectivity index (χ3v) is 5.11. The highest BCUT2D eigenvalue weighted by Crippen LogP contribution is 2.22. The molecule has 0 radical (unpaired) electrons. The Balaban J connectivity index is 2.25. The molecule has 2 aromatic rings. The van der Waals surface area contributed by atoms with Crippen LogP contribution in [0.2, 0.25) is 5.15 Å². The van der Waals surface area contributed by atoms with Gasteiger partial charge in [-0.05, 0) is 25.6 Å². The Morgan fingerprint density at radius 3 is 2.64 bits per heavy atom. The third kappa shape index (κ3) is 4.41. The van der Waals surface area contributed by atoms with Gasteiger partial charge in [0.15, 0.2) is 0 Å². The lowest BCUT2D eigenvalue weighted by Crippen LogP contribution is -2.37. The summed E-state index contributed by atoms with van der Waals surface area (Å²) in [6, 6.07) is 9.78. The maximum Gasteiger partial charge on any atom is 0.148 e. The maximum absolute atomic E-state index is 11.5. The summed E-state index contributed by atoms with van der Waals surface area (Å²) in [5.41, 5.74) is 1.78. The molecule has 6 heteroatoms. The number of pyridine rings is 1. The van der Waals surface area contributed by atoms with E-state index in [0.717, 1.165) is 23.0 Å². The lowest BCUT2D eigenvalue weighted by atomic mass is 10.1. The van der Waals surface area contributed by atoms with E-state index in [2.05, 4.69) is 9.88 Å². The maximum atomic E-state index is 11.5. The molecule has 0 unspecified atom stereocenters. The summed E-state index contributed by atoms with van der Waals surface area (Å²) >= 11 is 6.29. The van der Waals surface area contributed by atoms with Crippen LogP contribution in [0.1, 0.15) is 19.4 Å². The normalized spacial score (nSPS) is 13.7. The number of sulfone groups is 1. The van der Waals surface area contributed by atoms with Gasteiger partial charge in [0.1, 0.15) is 15.0 Å². The summed E-state index contributed by atoms with van der Waals surface area (Å²) in [5, 5.41) is 1.51. The number of hydrogen-bond acceptors (Lipinski definition) is 4. The molecule has 1 atom stereocenters. The predicted molar refractivity (Wildman–Crippen MR) is 92.0 cm³/mol. The molecule has 0 aliphatic heterocycles. The molecule has 0 aliphatic carbocycles. The monoisotopic (exact) mass is 340 g/mol. The van der Waals surface area contributed by atoms with Crippen molar-refractivity contribution in [2.24, 2.45) is 0 Å². The smallest absolute Gasteiger partial charge is 0.148 e. The van der Waals surface area contributed by atoms with Gasteiger partial charge in [-0.15, -0.1) is 0 Å². The molecule has 1 aromatic heterocycles. The zero-order valence-electron chi connectivity index (χ0n) is 13.1. The molecule has 1 aromatic carbocycles. The van der Waals surface area contributed by atoms with Crippen LogP contribution in [0.5, 0.6) is 0 Å². The Morgan fingerprint density at radius 2 is 2.00 bits per heavy atom. The van der Waals surface area contributed by atoms with E-state index in [4.69, 9.17) is 11.6 Å². The van der Waals surface area contributed by atoms with Crippen molar-refractivity contribution >= 4 is 32.3 Å². The number of benzene rings is 1. The molecule has 0 amide bonds. The van der Waals surface area contributed by atoms with E-state index < -0.39 is 9.84 Å². The van der Waals surface area contributed by atoms with Crippen molar-refractivity contribution in [2.75, 3.05) is 18.6 Å². The molecule has 22 heavy (non-hydrogen) atoms. The number of fused-ring (bicyclic) bond motifs is 1. The summed E-state index contributed by atoms with van der Waals surface area (Å²) in [5.74, 6) is 0.138.